The fourth-order valence-electron chi connectivity index (χ4n) is 2.82. The molecule has 2 aromatic carbocycles. The summed E-state index contributed by atoms with van der Waals surface area (Å²) in [5, 5.41) is 2.63. The fraction of sp³-hybridized carbons (Fsp3) is 0. The summed E-state index contributed by atoms with van der Waals surface area (Å²) in [7, 11) is 0. The maximum absolute atomic E-state index is 12.0. The number of nitrogens with two attached hydrogens (primary N) is 1. The molecule has 4 rings (SSSR count). The number of fused-ring (bicyclic) bond motifs is 3. The lowest BCUT2D eigenvalue weighted by Crippen LogP contribution is -2.32. The van der Waals surface area contributed by atoms with Gasteiger partial charge in [-0.05, 0) is 36.4 Å². The summed E-state index contributed by atoms with van der Waals surface area (Å²) in [4.78, 5) is 21.0. The van der Waals surface area contributed by atoms with Gasteiger partial charge in [-0.2, -0.15) is 0 Å². The molecule has 5 nitrogen and oxygen atoms in total. The first-order chi connectivity index (χ1) is 11.6. The molecule has 0 saturated carbocycles. The van der Waals surface area contributed by atoms with Crippen LogP contribution in [0.1, 0.15) is 0 Å². The number of pyridine rings is 1. The number of hydrogen-bond donors (Lipinski definition) is 2. The predicted octanol–water partition coefficient (Wildman–Crippen LogP) is 4.59. The quantitative estimate of drug-likeness (QED) is 0.562. The maximum atomic E-state index is 12.0. The molecule has 0 unspecified atom stereocenters. The van der Waals surface area contributed by atoms with Gasteiger partial charge in [0.15, 0.2) is 0 Å². The molecule has 0 atom stereocenters. The highest BCUT2D eigenvalue weighted by atomic mass is 35.5. The Kier molecular flexibility index (Phi) is 3.36. The molecule has 0 saturated heterocycles. The van der Waals surface area contributed by atoms with Gasteiger partial charge in [0.2, 0.25) is 0 Å². The van der Waals surface area contributed by atoms with Crippen molar-refractivity contribution in [2.24, 2.45) is 5.73 Å². The van der Waals surface area contributed by atoms with Crippen molar-refractivity contribution in [3.8, 4) is 0 Å². The summed E-state index contributed by atoms with van der Waals surface area (Å²) < 4.78 is 0. The number of nitrogens with one attached hydrogen (secondary N) is 1. The second-order valence-electron chi connectivity index (χ2n) is 5.41. The van der Waals surface area contributed by atoms with Gasteiger partial charge in [0.25, 0.3) is 0 Å². The van der Waals surface area contributed by atoms with E-state index in [1.807, 2.05) is 30.3 Å². The molecule has 2 heterocycles. The van der Waals surface area contributed by atoms with Crippen LogP contribution in [-0.2, 0) is 0 Å². The minimum atomic E-state index is -0.607. The number of para-hydroxylation sites is 1. The van der Waals surface area contributed by atoms with E-state index < -0.39 is 6.03 Å². The lowest BCUT2D eigenvalue weighted by molar-refractivity contribution is 0.256. The van der Waals surface area contributed by atoms with Crippen LogP contribution in [0, 0.1) is 0 Å². The van der Waals surface area contributed by atoms with Gasteiger partial charge in [-0.1, -0.05) is 29.8 Å². The van der Waals surface area contributed by atoms with Gasteiger partial charge in [0.1, 0.15) is 5.82 Å². The highest BCUT2D eigenvalue weighted by Crippen LogP contribution is 2.30. The molecule has 0 bridgehead atoms. The Morgan fingerprint density at radius 3 is 2.54 bits per heavy atom. The Morgan fingerprint density at radius 2 is 1.79 bits per heavy atom. The van der Waals surface area contributed by atoms with Crippen LogP contribution in [0.2, 0.25) is 5.02 Å². The number of H-pyrrole nitrogens is 1. The third kappa shape index (κ3) is 2.35. The second-order valence-corrected chi connectivity index (χ2v) is 5.85. The highest BCUT2D eigenvalue weighted by molar-refractivity contribution is 6.30. The first-order valence-corrected chi connectivity index (χ1v) is 7.73. The van der Waals surface area contributed by atoms with E-state index in [9.17, 15) is 4.79 Å². The van der Waals surface area contributed by atoms with Crippen molar-refractivity contribution < 1.29 is 4.79 Å². The summed E-state index contributed by atoms with van der Waals surface area (Å²) in [5.74, 6) is 0.460. The smallest absolute Gasteiger partial charge is 0.325 e. The molecule has 24 heavy (non-hydrogen) atoms. The van der Waals surface area contributed by atoms with Gasteiger partial charge in [0.05, 0.1) is 17.4 Å². The molecule has 118 valence electrons. The van der Waals surface area contributed by atoms with E-state index >= 15 is 0 Å². The zero-order chi connectivity index (χ0) is 16.7. The van der Waals surface area contributed by atoms with Crippen molar-refractivity contribution in [3.05, 3.63) is 65.8 Å². The van der Waals surface area contributed by atoms with Crippen LogP contribution in [0.25, 0.3) is 21.8 Å². The molecule has 0 fully saturated rings. The monoisotopic (exact) mass is 336 g/mol. The molecule has 4 aromatic rings. The van der Waals surface area contributed by atoms with Gasteiger partial charge < -0.3 is 10.7 Å². The molecule has 0 aliphatic carbocycles. The van der Waals surface area contributed by atoms with E-state index in [-0.39, 0.29) is 0 Å². The number of carbonyl (C=O) groups is 1. The van der Waals surface area contributed by atoms with Crippen molar-refractivity contribution in [1.82, 2.24) is 9.97 Å². The van der Waals surface area contributed by atoms with E-state index in [1.54, 1.807) is 30.5 Å². The molecular formula is C18H13ClN4O. The van der Waals surface area contributed by atoms with E-state index in [0.29, 0.717) is 16.5 Å². The zero-order valence-corrected chi connectivity index (χ0v) is 13.3. The third-order valence-corrected chi connectivity index (χ3v) is 4.16. The predicted molar refractivity (Wildman–Crippen MR) is 96.8 cm³/mol. The third-order valence-electron chi connectivity index (χ3n) is 3.91. The standard InChI is InChI=1S/C18H13ClN4O/c19-11-5-7-12(8-6-11)23(18(20)24)17-9-14-13-3-1-2-4-15(13)22-16(14)10-21-17/h1-10,22H,(H2,20,24). The number of aromatic amines is 1. The van der Waals surface area contributed by atoms with Crippen LogP contribution in [0.3, 0.4) is 0 Å². The number of aromatic nitrogens is 2. The number of amides is 2. The van der Waals surface area contributed by atoms with E-state index in [2.05, 4.69) is 9.97 Å². The number of anilines is 2. The van der Waals surface area contributed by atoms with E-state index in [0.717, 1.165) is 21.8 Å². The number of benzene rings is 2. The number of urea groups is 1. The normalized spacial score (nSPS) is 11.0. The first-order valence-electron chi connectivity index (χ1n) is 7.35. The Bertz CT molecular complexity index is 1060. The summed E-state index contributed by atoms with van der Waals surface area (Å²) >= 11 is 5.92. The van der Waals surface area contributed by atoms with Crippen molar-refractivity contribution in [1.29, 1.82) is 0 Å². The molecule has 0 aliphatic heterocycles. The largest absolute Gasteiger partial charge is 0.353 e. The van der Waals surface area contributed by atoms with Gasteiger partial charge in [-0.15, -0.1) is 0 Å². The fourth-order valence-corrected chi connectivity index (χ4v) is 2.95. The van der Waals surface area contributed by atoms with Gasteiger partial charge in [-0.3, -0.25) is 0 Å². The zero-order valence-electron chi connectivity index (χ0n) is 12.5. The van der Waals surface area contributed by atoms with E-state index in [1.165, 1.54) is 4.90 Å². The van der Waals surface area contributed by atoms with Crippen molar-refractivity contribution >= 4 is 50.9 Å². The maximum Gasteiger partial charge on any atom is 0.325 e. The molecular weight excluding hydrogens is 324 g/mol. The van der Waals surface area contributed by atoms with Crippen LogP contribution in [0.5, 0.6) is 0 Å². The average molecular weight is 337 g/mol. The number of primary amides is 1. The molecule has 2 aromatic heterocycles. The molecule has 6 heteroatoms. The summed E-state index contributed by atoms with van der Waals surface area (Å²) in [6.07, 6.45) is 1.70. The van der Waals surface area contributed by atoms with Crippen LogP contribution >= 0.6 is 11.6 Å². The molecule has 0 radical (unpaired) electrons. The summed E-state index contributed by atoms with van der Waals surface area (Å²) in [6.45, 7) is 0. The Morgan fingerprint density at radius 1 is 1.04 bits per heavy atom. The van der Waals surface area contributed by atoms with Gasteiger partial charge in [0, 0.05) is 21.3 Å². The summed E-state index contributed by atoms with van der Waals surface area (Å²) in [6, 6.07) is 16.1. The Labute approximate surface area is 142 Å². The lowest BCUT2D eigenvalue weighted by Gasteiger charge is -2.19. The van der Waals surface area contributed by atoms with E-state index in [4.69, 9.17) is 17.3 Å². The first kappa shape index (κ1) is 14.5. The van der Waals surface area contributed by atoms with Crippen LogP contribution < -0.4 is 10.6 Å². The number of rotatable bonds is 2. The minimum Gasteiger partial charge on any atom is -0.353 e. The van der Waals surface area contributed by atoms with Crippen molar-refractivity contribution in [2.45, 2.75) is 0 Å². The topological polar surface area (TPSA) is 75.0 Å². The molecule has 0 aliphatic rings. The number of hydrogen-bond acceptors (Lipinski definition) is 2. The van der Waals surface area contributed by atoms with Gasteiger partial charge in [-0.25, -0.2) is 14.7 Å². The highest BCUT2D eigenvalue weighted by Gasteiger charge is 2.17. The van der Waals surface area contributed by atoms with Gasteiger partial charge >= 0.3 is 6.03 Å². The van der Waals surface area contributed by atoms with Crippen LogP contribution in [0.15, 0.2) is 60.8 Å². The minimum absolute atomic E-state index is 0.460. The van der Waals surface area contributed by atoms with Crippen LogP contribution in [0.4, 0.5) is 16.3 Å². The second kappa shape index (κ2) is 5.54. The Hall–Kier alpha value is -3.05. The SMILES string of the molecule is NC(=O)N(c1ccc(Cl)cc1)c1cc2c(cn1)[nH]c1ccccc12. The van der Waals surface area contributed by atoms with Crippen LogP contribution in [-0.4, -0.2) is 16.0 Å². The molecule has 3 N–H and O–H groups in total. The summed E-state index contributed by atoms with van der Waals surface area (Å²) in [5.41, 5.74) is 8.11. The van der Waals surface area contributed by atoms with Crippen molar-refractivity contribution in [3.63, 3.8) is 0 Å². The number of carbonyl (C=O) groups excluding carboxylic acids is 1. The average Bonchev–Trinajstić information content (AvgIpc) is 2.95. The molecule has 0 spiro atoms. The Balaban J connectivity index is 1.90. The molecule has 2 amide bonds. The number of halogens is 1. The van der Waals surface area contributed by atoms with Crippen molar-refractivity contribution in [2.75, 3.05) is 4.90 Å². The number of nitrogens with zero attached hydrogens (tertiary/aromatic N) is 2. The lowest BCUT2D eigenvalue weighted by atomic mass is 10.2.